The Balaban J connectivity index is 1.95. The molecule has 0 saturated heterocycles. The SMILES string of the molecule is C[C@H]1[C@H](C)CCC[C@H]1n1ccc2nc3ccn(N)c(=O)c3cc2c1=O. The van der Waals surface area contributed by atoms with Crippen LogP contribution >= 0.6 is 0 Å². The molecule has 2 N–H and O–H groups in total. The van der Waals surface area contributed by atoms with E-state index in [1.54, 1.807) is 12.1 Å². The second-order valence-corrected chi connectivity index (χ2v) is 7.24. The van der Waals surface area contributed by atoms with E-state index in [2.05, 4.69) is 18.8 Å². The summed E-state index contributed by atoms with van der Waals surface area (Å²) in [5, 5.41) is 0.848. The lowest BCUT2D eigenvalue weighted by atomic mass is 9.78. The normalized spacial score (nSPS) is 24.0. The third kappa shape index (κ3) is 2.44. The van der Waals surface area contributed by atoms with Crippen molar-refractivity contribution >= 4 is 21.8 Å². The van der Waals surface area contributed by atoms with Crippen LogP contribution < -0.4 is 17.0 Å². The van der Waals surface area contributed by atoms with E-state index in [0.29, 0.717) is 33.6 Å². The highest BCUT2D eigenvalue weighted by molar-refractivity contribution is 5.91. The maximum absolute atomic E-state index is 13.1. The lowest BCUT2D eigenvalue weighted by molar-refractivity contribution is 0.183. The van der Waals surface area contributed by atoms with Gasteiger partial charge in [-0.1, -0.05) is 26.7 Å². The van der Waals surface area contributed by atoms with Crippen LogP contribution in [0.1, 0.15) is 39.2 Å². The summed E-state index contributed by atoms with van der Waals surface area (Å²) in [5.74, 6) is 6.68. The van der Waals surface area contributed by atoms with E-state index in [9.17, 15) is 9.59 Å². The minimum Gasteiger partial charge on any atom is -0.336 e. The fourth-order valence-electron chi connectivity index (χ4n) is 4.06. The van der Waals surface area contributed by atoms with Crippen LogP contribution in [0.5, 0.6) is 0 Å². The first-order valence-electron chi connectivity index (χ1n) is 8.79. The molecule has 3 aromatic rings. The van der Waals surface area contributed by atoms with E-state index < -0.39 is 0 Å². The van der Waals surface area contributed by atoms with Gasteiger partial charge in [-0.3, -0.25) is 9.59 Å². The Kier molecular flexibility index (Phi) is 3.63. The van der Waals surface area contributed by atoms with Crippen molar-refractivity contribution in [3.63, 3.8) is 0 Å². The number of nitrogen functional groups attached to an aromatic ring is 1. The fourth-order valence-corrected chi connectivity index (χ4v) is 4.06. The quantitative estimate of drug-likeness (QED) is 0.546. The summed E-state index contributed by atoms with van der Waals surface area (Å²) >= 11 is 0. The highest BCUT2D eigenvalue weighted by Crippen LogP contribution is 2.37. The van der Waals surface area contributed by atoms with E-state index in [0.717, 1.165) is 17.5 Å². The zero-order valence-corrected chi connectivity index (χ0v) is 14.5. The van der Waals surface area contributed by atoms with Crippen molar-refractivity contribution in [2.45, 2.75) is 39.2 Å². The predicted octanol–water partition coefficient (Wildman–Crippen LogP) is 2.42. The third-order valence-electron chi connectivity index (χ3n) is 5.82. The molecule has 6 heteroatoms. The van der Waals surface area contributed by atoms with Crippen LogP contribution in [0.4, 0.5) is 0 Å². The molecule has 0 bridgehead atoms. The van der Waals surface area contributed by atoms with Crippen molar-refractivity contribution in [1.29, 1.82) is 0 Å². The molecule has 1 fully saturated rings. The van der Waals surface area contributed by atoms with Crippen LogP contribution in [0.25, 0.3) is 21.8 Å². The molecule has 1 aliphatic rings. The molecule has 25 heavy (non-hydrogen) atoms. The number of pyridine rings is 3. The van der Waals surface area contributed by atoms with Crippen molar-refractivity contribution in [2.75, 3.05) is 5.84 Å². The van der Waals surface area contributed by atoms with Crippen LogP contribution in [0.15, 0.2) is 40.2 Å². The summed E-state index contributed by atoms with van der Waals surface area (Å²) < 4.78 is 2.85. The molecule has 0 aliphatic heterocycles. The van der Waals surface area contributed by atoms with Crippen LogP contribution in [-0.4, -0.2) is 14.2 Å². The van der Waals surface area contributed by atoms with Crippen molar-refractivity contribution in [1.82, 2.24) is 14.2 Å². The van der Waals surface area contributed by atoms with Gasteiger partial charge < -0.3 is 10.4 Å². The maximum Gasteiger partial charge on any atom is 0.278 e. The number of hydrogen-bond donors (Lipinski definition) is 1. The zero-order valence-electron chi connectivity index (χ0n) is 14.5. The van der Waals surface area contributed by atoms with E-state index in [1.165, 1.54) is 12.6 Å². The molecule has 0 unspecified atom stereocenters. The first kappa shape index (κ1) is 15.9. The Hall–Kier alpha value is -2.63. The number of fused-ring (bicyclic) bond motifs is 2. The van der Waals surface area contributed by atoms with Crippen LogP contribution in [-0.2, 0) is 0 Å². The van der Waals surface area contributed by atoms with Gasteiger partial charge in [-0.2, -0.15) is 0 Å². The fraction of sp³-hybridized carbons (Fsp3) is 0.421. The van der Waals surface area contributed by atoms with Gasteiger partial charge in [0.05, 0.1) is 21.8 Å². The topological polar surface area (TPSA) is 82.9 Å². The van der Waals surface area contributed by atoms with Crippen LogP contribution in [0, 0.1) is 11.8 Å². The molecule has 0 aromatic carbocycles. The molecule has 130 valence electrons. The second-order valence-electron chi connectivity index (χ2n) is 7.24. The highest BCUT2D eigenvalue weighted by Gasteiger charge is 2.29. The van der Waals surface area contributed by atoms with E-state index >= 15 is 0 Å². The third-order valence-corrected chi connectivity index (χ3v) is 5.82. The van der Waals surface area contributed by atoms with Gasteiger partial charge in [0.15, 0.2) is 0 Å². The van der Waals surface area contributed by atoms with Gasteiger partial charge in [-0.05, 0) is 36.5 Å². The Morgan fingerprint density at radius 1 is 1.04 bits per heavy atom. The smallest absolute Gasteiger partial charge is 0.278 e. The van der Waals surface area contributed by atoms with Crippen LogP contribution in [0.2, 0.25) is 0 Å². The van der Waals surface area contributed by atoms with Crippen molar-refractivity contribution < 1.29 is 0 Å². The number of hydrogen-bond acceptors (Lipinski definition) is 4. The molecular weight excluding hydrogens is 316 g/mol. The molecule has 3 atom stereocenters. The van der Waals surface area contributed by atoms with E-state index in [4.69, 9.17) is 5.84 Å². The lowest BCUT2D eigenvalue weighted by Crippen LogP contribution is -2.33. The first-order valence-corrected chi connectivity index (χ1v) is 8.79. The maximum atomic E-state index is 13.1. The molecule has 3 aromatic heterocycles. The molecule has 0 amide bonds. The highest BCUT2D eigenvalue weighted by atomic mass is 16.1. The Labute approximate surface area is 144 Å². The molecule has 0 spiro atoms. The number of rotatable bonds is 1. The monoisotopic (exact) mass is 338 g/mol. The summed E-state index contributed by atoms with van der Waals surface area (Å²) in [6.07, 6.45) is 6.69. The Bertz CT molecular complexity index is 1080. The molecule has 6 nitrogen and oxygen atoms in total. The average Bonchev–Trinajstić information content (AvgIpc) is 2.61. The Morgan fingerprint density at radius 2 is 1.72 bits per heavy atom. The lowest BCUT2D eigenvalue weighted by Gasteiger charge is -2.35. The van der Waals surface area contributed by atoms with Crippen molar-refractivity contribution in [3.05, 3.63) is 51.3 Å². The van der Waals surface area contributed by atoms with Gasteiger partial charge in [-0.15, -0.1) is 0 Å². The zero-order chi connectivity index (χ0) is 17.7. The summed E-state index contributed by atoms with van der Waals surface area (Å²) in [7, 11) is 0. The van der Waals surface area contributed by atoms with Gasteiger partial charge in [0, 0.05) is 18.4 Å². The van der Waals surface area contributed by atoms with Crippen molar-refractivity contribution in [3.8, 4) is 0 Å². The van der Waals surface area contributed by atoms with Crippen LogP contribution in [0.3, 0.4) is 0 Å². The molecule has 1 saturated carbocycles. The molecule has 1 aliphatic carbocycles. The average molecular weight is 338 g/mol. The number of aromatic nitrogens is 3. The van der Waals surface area contributed by atoms with Gasteiger partial charge >= 0.3 is 0 Å². The summed E-state index contributed by atoms with van der Waals surface area (Å²) in [6, 6.07) is 5.39. The molecule has 4 rings (SSSR count). The number of nitrogens with two attached hydrogens (primary N) is 1. The van der Waals surface area contributed by atoms with Crippen molar-refractivity contribution in [2.24, 2.45) is 11.8 Å². The molecule has 3 heterocycles. The van der Waals surface area contributed by atoms with E-state index in [1.807, 2.05) is 16.8 Å². The van der Waals surface area contributed by atoms with Gasteiger partial charge in [0.2, 0.25) is 0 Å². The second kappa shape index (κ2) is 5.72. The molecule has 0 radical (unpaired) electrons. The first-order chi connectivity index (χ1) is 12.0. The minimum absolute atomic E-state index is 0.0790. The standard InChI is InChI=1S/C19H22N4O2/c1-11-4-3-5-17(12(11)2)22-8-6-15-13(18(22)24)10-14-16(21-15)7-9-23(20)19(14)25/h6-12,17H,3-5,20H2,1-2H3/t11-,12+,17-/m1/s1. The largest absolute Gasteiger partial charge is 0.336 e. The summed E-state index contributed by atoms with van der Waals surface area (Å²) in [6.45, 7) is 4.47. The summed E-state index contributed by atoms with van der Waals surface area (Å²) in [5.41, 5.74) is 0.737. The minimum atomic E-state index is -0.346. The molecular formula is C19H22N4O2. The summed E-state index contributed by atoms with van der Waals surface area (Å²) in [4.78, 5) is 29.8. The Morgan fingerprint density at radius 3 is 2.48 bits per heavy atom. The van der Waals surface area contributed by atoms with E-state index in [-0.39, 0.29) is 17.2 Å². The number of nitrogens with zero attached hydrogens (tertiary/aromatic N) is 3. The predicted molar refractivity (Wildman–Crippen MR) is 99.1 cm³/mol. The van der Waals surface area contributed by atoms with Gasteiger partial charge in [0.25, 0.3) is 11.1 Å². The van der Waals surface area contributed by atoms with Gasteiger partial charge in [0.1, 0.15) is 0 Å². The van der Waals surface area contributed by atoms with Gasteiger partial charge in [-0.25, -0.2) is 9.66 Å².